The van der Waals surface area contributed by atoms with Gasteiger partial charge in [-0.2, -0.15) is 0 Å². The van der Waals surface area contributed by atoms with Crippen molar-refractivity contribution in [2.24, 2.45) is 11.5 Å². The van der Waals surface area contributed by atoms with Crippen molar-refractivity contribution in [3.8, 4) is 0 Å². The van der Waals surface area contributed by atoms with E-state index in [1.54, 1.807) is 11.3 Å². The molecule has 0 radical (unpaired) electrons. The highest BCUT2D eigenvalue weighted by molar-refractivity contribution is 7.10. The summed E-state index contributed by atoms with van der Waals surface area (Å²) in [4.78, 5) is 1.25. The minimum atomic E-state index is -0.102. The number of hydrogen-bond donors (Lipinski definition) is 2. The van der Waals surface area contributed by atoms with Gasteiger partial charge in [0.15, 0.2) is 0 Å². The second-order valence-corrected chi connectivity index (χ2v) is 5.13. The molecule has 0 amide bonds. The van der Waals surface area contributed by atoms with Crippen LogP contribution in [0.5, 0.6) is 0 Å². The van der Waals surface area contributed by atoms with Gasteiger partial charge in [-0.1, -0.05) is 6.07 Å². The van der Waals surface area contributed by atoms with Crippen LogP contribution in [0.25, 0.3) is 0 Å². The van der Waals surface area contributed by atoms with Crippen LogP contribution >= 0.6 is 11.3 Å². The molecule has 1 unspecified atom stereocenters. The number of hydrogen-bond acceptors (Lipinski definition) is 3. The standard InChI is InChI=1S/C10H18N2S/c1-10(2,12)6-5-8(11)9-4-3-7-13-9/h3-4,7-8H,5-6,11-12H2,1-2H3. The molecule has 0 saturated heterocycles. The highest BCUT2D eigenvalue weighted by Gasteiger charge is 2.14. The topological polar surface area (TPSA) is 52.0 Å². The Labute approximate surface area is 83.9 Å². The van der Waals surface area contributed by atoms with E-state index in [1.165, 1.54) is 4.88 Å². The van der Waals surface area contributed by atoms with Crippen LogP contribution in [0.2, 0.25) is 0 Å². The highest BCUT2D eigenvalue weighted by atomic mass is 32.1. The average Bonchev–Trinajstić information content (AvgIpc) is 2.50. The average molecular weight is 198 g/mol. The molecule has 3 heteroatoms. The van der Waals surface area contributed by atoms with E-state index >= 15 is 0 Å². The summed E-state index contributed by atoms with van der Waals surface area (Å²) in [5.74, 6) is 0. The molecule has 1 aromatic rings. The first kappa shape index (κ1) is 10.7. The second-order valence-electron chi connectivity index (χ2n) is 4.15. The Bertz CT molecular complexity index is 236. The zero-order valence-corrected chi connectivity index (χ0v) is 9.10. The molecule has 13 heavy (non-hydrogen) atoms. The fourth-order valence-electron chi connectivity index (χ4n) is 1.17. The molecule has 2 nitrogen and oxygen atoms in total. The van der Waals surface area contributed by atoms with Gasteiger partial charge in [-0.05, 0) is 38.1 Å². The molecule has 0 aromatic carbocycles. The van der Waals surface area contributed by atoms with Crippen LogP contribution in [0.15, 0.2) is 17.5 Å². The van der Waals surface area contributed by atoms with Crippen LogP contribution in [-0.2, 0) is 0 Å². The maximum atomic E-state index is 6.00. The van der Waals surface area contributed by atoms with Gasteiger partial charge in [0.05, 0.1) is 0 Å². The van der Waals surface area contributed by atoms with Gasteiger partial charge in [0.2, 0.25) is 0 Å². The summed E-state index contributed by atoms with van der Waals surface area (Å²) in [6.07, 6.45) is 1.93. The van der Waals surface area contributed by atoms with Crippen LogP contribution in [0, 0.1) is 0 Å². The third-order valence-electron chi connectivity index (χ3n) is 2.01. The molecule has 0 spiro atoms. The summed E-state index contributed by atoms with van der Waals surface area (Å²) in [5, 5.41) is 2.06. The monoisotopic (exact) mass is 198 g/mol. The van der Waals surface area contributed by atoms with Crippen molar-refractivity contribution in [1.82, 2.24) is 0 Å². The Morgan fingerprint density at radius 2 is 2.23 bits per heavy atom. The van der Waals surface area contributed by atoms with Crippen molar-refractivity contribution < 1.29 is 0 Å². The molecule has 1 aromatic heterocycles. The number of nitrogens with two attached hydrogens (primary N) is 2. The van der Waals surface area contributed by atoms with Gasteiger partial charge in [0.1, 0.15) is 0 Å². The minimum Gasteiger partial charge on any atom is -0.326 e. The maximum Gasteiger partial charge on any atom is 0.0390 e. The predicted octanol–water partition coefficient (Wildman–Crippen LogP) is 2.27. The van der Waals surface area contributed by atoms with Gasteiger partial charge in [-0.25, -0.2) is 0 Å². The summed E-state index contributed by atoms with van der Waals surface area (Å²) in [6.45, 7) is 4.07. The van der Waals surface area contributed by atoms with E-state index in [2.05, 4.69) is 11.4 Å². The molecule has 1 heterocycles. The molecular formula is C10H18N2S. The second kappa shape index (κ2) is 4.22. The normalized spacial score (nSPS) is 14.5. The van der Waals surface area contributed by atoms with Gasteiger partial charge < -0.3 is 11.5 Å². The predicted molar refractivity (Wildman–Crippen MR) is 58.7 cm³/mol. The van der Waals surface area contributed by atoms with Crippen molar-refractivity contribution in [3.63, 3.8) is 0 Å². The molecule has 0 fully saturated rings. The molecule has 0 aliphatic rings. The minimum absolute atomic E-state index is 0.102. The maximum absolute atomic E-state index is 6.00. The van der Waals surface area contributed by atoms with Crippen molar-refractivity contribution in [1.29, 1.82) is 0 Å². The zero-order chi connectivity index (χ0) is 9.90. The third kappa shape index (κ3) is 3.89. The molecule has 0 aliphatic carbocycles. The number of rotatable bonds is 4. The molecule has 0 aliphatic heterocycles. The smallest absolute Gasteiger partial charge is 0.0390 e. The largest absolute Gasteiger partial charge is 0.326 e. The van der Waals surface area contributed by atoms with Gasteiger partial charge in [0, 0.05) is 16.5 Å². The first-order chi connectivity index (χ1) is 5.99. The fourth-order valence-corrected chi connectivity index (χ4v) is 1.94. The Morgan fingerprint density at radius 3 is 2.69 bits per heavy atom. The molecule has 1 rings (SSSR count). The van der Waals surface area contributed by atoms with Crippen LogP contribution in [-0.4, -0.2) is 5.54 Å². The lowest BCUT2D eigenvalue weighted by Gasteiger charge is -2.20. The van der Waals surface area contributed by atoms with E-state index in [4.69, 9.17) is 11.5 Å². The summed E-state index contributed by atoms with van der Waals surface area (Å²) in [5.41, 5.74) is 11.8. The van der Waals surface area contributed by atoms with Crippen LogP contribution < -0.4 is 11.5 Å². The summed E-state index contributed by atoms with van der Waals surface area (Å²) >= 11 is 1.72. The van der Waals surface area contributed by atoms with Crippen LogP contribution in [0.3, 0.4) is 0 Å². The SMILES string of the molecule is CC(C)(N)CCC(N)c1cccs1. The molecular weight excluding hydrogens is 180 g/mol. The lowest BCUT2D eigenvalue weighted by Crippen LogP contribution is -2.32. The van der Waals surface area contributed by atoms with Crippen LogP contribution in [0.1, 0.15) is 37.6 Å². The molecule has 4 N–H and O–H groups in total. The van der Waals surface area contributed by atoms with E-state index in [0.717, 1.165) is 12.8 Å². The van der Waals surface area contributed by atoms with E-state index in [9.17, 15) is 0 Å². The van der Waals surface area contributed by atoms with E-state index in [0.29, 0.717) is 0 Å². The van der Waals surface area contributed by atoms with Crippen molar-refractivity contribution >= 4 is 11.3 Å². The van der Waals surface area contributed by atoms with Gasteiger partial charge in [0.25, 0.3) is 0 Å². The fraction of sp³-hybridized carbons (Fsp3) is 0.600. The Hall–Kier alpha value is -0.380. The van der Waals surface area contributed by atoms with Crippen LogP contribution in [0.4, 0.5) is 0 Å². The highest BCUT2D eigenvalue weighted by Crippen LogP contribution is 2.22. The molecule has 74 valence electrons. The molecule has 0 saturated carbocycles. The van der Waals surface area contributed by atoms with E-state index in [-0.39, 0.29) is 11.6 Å². The Balaban J connectivity index is 2.39. The Morgan fingerprint density at radius 1 is 1.54 bits per heavy atom. The first-order valence-corrected chi connectivity index (χ1v) is 5.45. The summed E-state index contributed by atoms with van der Waals surface area (Å²) < 4.78 is 0. The van der Waals surface area contributed by atoms with Gasteiger partial charge >= 0.3 is 0 Å². The Kier molecular flexibility index (Phi) is 3.47. The summed E-state index contributed by atoms with van der Waals surface area (Å²) in [6, 6.07) is 4.27. The number of thiophene rings is 1. The van der Waals surface area contributed by atoms with Gasteiger partial charge in [-0.15, -0.1) is 11.3 Å². The lowest BCUT2D eigenvalue weighted by atomic mass is 9.96. The third-order valence-corrected chi connectivity index (χ3v) is 3.01. The zero-order valence-electron chi connectivity index (χ0n) is 8.29. The van der Waals surface area contributed by atoms with Crippen molar-refractivity contribution in [2.45, 2.75) is 38.3 Å². The van der Waals surface area contributed by atoms with Crippen molar-refractivity contribution in [3.05, 3.63) is 22.4 Å². The summed E-state index contributed by atoms with van der Waals surface area (Å²) in [7, 11) is 0. The van der Waals surface area contributed by atoms with E-state index in [1.807, 2.05) is 19.9 Å². The quantitative estimate of drug-likeness (QED) is 0.779. The lowest BCUT2D eigenvalue weighted by molar-refractivity contribution is 0.435. The van der Waals surface area contributed by atoms with Gasteiger partial charge in [-0.3, -0.25) is 0 Å². The molecule has 0 bridgehead atoms. The van der Waals surface area contributed by atoms with E-state index < -0.39 is 0 Å². The van der Waals surface area contributed by atoms with Crippen molar-refractivity contribution in [2.75, 3.05) is 0 Å². The molecule has 1 atom stereocenters. The first-order valence-electron chi connectivity index (χ1n) is 4.57.